The third kappa shape index (κ3) is 2.13. The minimum absolute atomic E-state index is 0.0558. The number of aromatic nitrogens is 1. The number of nitrogens with two attached hydrogens (primary N) is 1. The highest BCUT2D eigenvalue weighted by atomic mass is 32.1. The van der Waals surface area contributed by atoms with Crippen LogP contribution in [0.1, 0.15) is 29.6 Å². The van der Waals surface area contributed by atoms with E-state index in [0.717, 1.165) is 36.8 Å². The van der Waals surface area contributed by atoms with Crippen molar-refractivity contribution in [3.63, 3.8) is 0 Å². The van der Waals surface area contributed by atoms with Crippen molar-refractivity contribution in [1.82, 2.24) is 4.98 Å². The number of rotatable bonds is 2. The number of aryl methyl sites for hydroxylation is 1. The number of thiazole rings is 1. The largest absolute Gasteiger partial charge is 0.381 e. The zero-order valence-corrected chi connectivity index (χ0v) is 9.22. The van der Waals surface area contributed by atoms with E-state index in [2.05, 4.69) is 10.4 Å². The van der Waals surface area contributed by atoms with Gasteiger partial charge in [0, 0.05) is 17.9 Å². The van der Waals surface area contributed by atoms with Crippen molar-refractivity contribution in [2.45, 2.75) is 25.8 Å². The SMILES string of the molecule is Cc1nc(C(N)C2CCCOC2)cs1. The summed E-state index contributed by atoms with van der Waals surface area (Å²) in [6.45, 7) is 3.69. The molecule has 1 aromatic heterocycles. The van der Waals surface area contributed by atoms with E-state index < -0.39 is 0 Å². The van der Waals surface area contributed by atoms with Crippen molar-refractivity contribution in [3.05, 3.63) is 16.1 Å². The molecule has 0 amide bonds. The Bertz CT molecular complexity index is 294. The van der Waals surface area contributed by atoms with Gasteiger partial charge in [-0.2, -0.15) is 0 Å². The quantitative estimate of drug-likeness (QED) is 0.814. The average Bonchev–Trinajstić information content (AvgIpc) is 2.65. The van der Waals surface area contributed by atoms with Crippen LogP contribution in [-0.2, 0) is 4.74 Å². The summed E-state index contributed by atoms with van der Waals surface area (Å²) in [5.41, 5.74) is 7.18. The third-order valence-corrected chi connectivity index (χ3v) is 3.47. The highest BCUT2D eigenvalue weighted by Crippen LogP contribution is 2.27. The van der Waals surface area contributed by atoms with E-state index in [1.54, 1.807) is 11.3 Å². The van der Waals surface area contributed by atoms with Crippen LogP contribution in [0, 0.1) is 12.8 Å². The summed E-state index contributed by atoms with van der Waals surface area (Å²) in [7, 11) is 0. The fourth-order valence-electron chi connectivity index (χ4n) is 1.82. The molecule has 1 aliphatic rings. The van der Waals surface area contributed by atoms with Crippen molar-refractivity contribution in [2.24, 2.45) is 11.7 Å². The Morgan fingerprint density at radius 1 is 1.71 bits per heavy atom. The van der Waals surface area contributed by atoms with Gasteiger partial charge in [-0.25, -0.2) is 4.98 Å². The van der Waals surface area contributed by atoms with Crippen LogP contribution in [0.5, 0.6) is 0 Å². The van der Waals surface area contributed by atoms with Crippen LogP contribution < -0.4 is 5.73 Å². The molecule has 1 saturated heterocycles. The van der Waals surface area contributed by atoms with E-state index >= 15 is 0 Å². The summed E-state index contributed by atoms with van der Waals surface area (Å²) < 4.78 is 5.43. The zero-order chi connectivity index (χ0) is 9.97. The first-order valence-corrected chi connectivity index (χ1v) is 5.90. The zero-order valence-electron chi connectivity index (χ0n) is 8.40. The van der Waals surface area contributed by atoms with E-state index in [1.165, 1.54) is 0 Å². The van der Waals surface area contributed by atoms with Gasteiger partial charge in [0.2, 0.25) is 0 Å². The van der Waals surface area contributed by atoms with Crippen LogP contribution >= 0.6 is 11.3 Å². The van der Waals surface area contributed by atoms with Gasteiger partial charge in [0.05, 0.1) is 23.4 Å². The van der Waals surface area contributed by atoms with Gasteiger partial charge in [-0.05, 0) is 19.8 Å². The number of nitrogens with zero attached hydrogens (tertiary/aromatic N) is 1. The van der Waals surface area contributed by atoms with Gasteiger partial charge in [-0.15, -0.1) is 11.3 Å². The monoisotopic (exact) mass is 212 g/mol. The molecule has 4 heteroatoms. The summed E-state index contributed by atoms with van der Waals surface area (Å²) in [4.78, 5) is 4.42. The predicted molar refractivity (Wildman–Crippen MR) is 57.3 cm³/mol. The molecule has 2 rings (SSSR count). The molecule has 0 aliphatic carbocycles. The minimum atomic E-state index is 0.0558. The van der Waals surface area contributed by atoms with Crippen LogP contribution in [-0.4, -0.2) is 18.2 Å². The predicted octanol–water partition coefficient (Wildman–Crippen LogP) is 1.88. The van der Waals surface area contributed by atoms with Gasteiger partial charge in [-0.1, -0.05) is 0 Å². The number of hydrogen-bond acceptors (Lipinski definition) is 4. The first-order chi connectivity index (χ1) is 6.77. The van der Waals surface area contributed by atoms with Gasteiger partial charge in [0.15, 0.2) is 0 Å². The fraction of sp³-hybridized carbons (Fsp3) is 0.700. The molecule has 0 aromatic carbocycles. The molecule has 1 aromatic rings. The summed E-state index contributed by atoms with van der Waals surface area (Å²) in [6, 6.07) is 0.0558. The van der Waals surface area contributed by atoms with E-state index in [1.807, 2.05) is 6.92 Å². The van der Waals surface area contributed by atoms with Crippen molar-refractivity contribution in [3.8, 4) is 0 Å². The summed E-state index contributed by atoms with van der Waals surface area (Å²) in [6.07, 6.45) is 2.29. The van der Waals surface area contributed by atoms with Crippen molar-refractivity contribution in [2.75, 3.05) is 13.2 Å². The summed E-state index contributed by atoms with van der Waals surface area (Å²) in [5.74, 6) is 0.449. The number of ether oxygens (including phenoxy) is 1. The van der Waals surface area contributed by atoms with E-state index in [9.17, 15) is 0 Å². The highest BCUT2D eigenvalue weighted by Gasteiger charge is 2.23. The lowest BCUT2D eigenvalue weighted by Gasteiger charge is -2.26. The third-order valence-electron chi connectivity index (χ3n) is 2.68. The Morgan fingerprint density at radius 2 is 2.57 bits per heavy atom. The Balaban J connectivity index is 2.03. The second-order valence-corrected chi connectivity index (χ2v) is 4.86. The standard InChI is InChI=1S/C10H16N2OS/c1-7-12-9(6-14-7)10(11)8-3-2-4-13-5-8/h6,8,10H,2-5,11H2,1H3. The van der Waals surface area contributed by atoms with Gasteiger partial charge in [-0.3, -0.25) is 0 Å². The molecule has 2 N–H and O–H groups in total. The molecule has 1 fully saturated rings. The maximum absolute atomic E-state index is 6.15. The van der Waals surface area contributed by atoms with E-state index in [4.69, 9.17) is 10.5 Å². The second kappa shape index (κ2) is 4.38. The minimum Gasteiger partial charge on any atom is -0.381 e. The lowest BCUT2D eigenvalue weighted by atomic mass is 9.93. The fourth-order valence-corrected chi connectivity index (χ4v) is 2.48. The number of hydrogen-bond donors (Lipinski definition) is 1. The topological polar surface area (TPSA) is 48.1 Å². The molecule has 2 unspecified atom stereocenters. The smallest absolute Gasteiger partial charge is 0.0898 e. The van der Waals surface area contributed by atoms with Crippen LogP contribution in [0.4, 0.5) is 0 Å². The Morgan fingerprint density at radius 3 is 3.14 bits per heavy atom. The Hall–Kier alpha value is -0.450. The molecule has 14 heavy (non-hydrogen) atoms. The Labute approximate surface area is 88.3 Å². The molecule has 0 saturated carbocycles. The molecular weight excluding hydrogens is 196 g/mol. The first-order valence-electron chi connectivity index (χ1n) is 5.02. The van der Waals surface area contributed by atoms with Gasteiger partial charge in [0.25, 0.3) is 0 Å². The molecule has 1 aliphatic heterocycles. The Kier molecular flexibility index (Phi) is 3.15. The molecule has 0 spiro atoms. The van der Waals surface area contributed by atoms with E-state index in [0.29, 0.717) is 5.92 Å². The average molecular weight is 212 g/mol. The second-order valence-electron chi connectivity index (χ2n) is 3.79. The lowest BCUT2D eigenvalue weighted by molar-refractivity contribution is 0.0443. The lowest BCUT2D eigenvalue weighted by Crippen LogP contribution is -2.29. The maximum Gasteiger partial charge on any atom is 0.0898 e. The van der Waals surface area contributed by atoms with Crippen molar-refractivity contribution >= 4 is 11.3 Å². The molecule has 0 bridgehead atoms. The van der Waals surface area contributed by atoms with Crippen LogP contribution in [0.25, 0.3) is 0 Å². The van der Waals surface area contributed by atoms with Gasteiger partial charge in [0.1, 0.15) is 0 Å². The highest BCUT2D eigenvalue weighted by molar-refractivity contribution is 7.09. The van der Waals surface area contributed by atoms with Gasteiger partial charge < -0.3 is 10.5 Å². The van der Waals surface area contributed by atoms with Crippen LogP contribution in [0.3, 0.4) is 0 Å². The molecule has 2 atom stereocenters. The molecule has 2 heterocycles. The molecule has 0 radical (unpaired) electrons. The molecule has 78 valence electrons. The first kappa shape index (κ1) is 10.1. The van der Waals surface area contributed by atoms with Crippen molar-refractivity contribution in [1.29, 1.82) is 0 Å². The molecular formula is C10H16N2OS. The maximum atomic E-state index is 6.15. The van der Waals surface area contributed by atoms with Crippen LogP contribution in [0.15, 0.2) is 5.38 Å². The van der Waals surface area contributed by atoms with E-state index in [-0.39, 0.29) is 6.04 Å². The van der Waals surface area contributed by atoms with Crippen molar-refractivity contribution < 1.29 is 4.74 Å². The normalized spacial score (nSPS) is 24.9. The summed E-state index contributed by atoms with van der Waals surface area (Å²) in [5, 5.41) is 3.15. The summed E-state index contributed by atoms with van der Waals surface area (Å²) >= 11 is 1.66. The molecule has 3 nitrogen and oxygen atoms in total. The van der Waals surface area contributed by atoms with Crippen LogP contribution in [0.2, 0.25) is 0 Å². The van der Waals surface area contributed by atoms with Gasteiger partial charge >= 0.3 is 0 Å².